The number of hydrogen-bond acceptors (Lipinski definition) is 4. The van der Waals surface area contributed by atoms with Crippen LogP contribution in [-0.4, -0.2) is 55.6 Å². The van der Waals surface area contributed by atoms with E-state index in [2.05, 4.69) is 10.3 Å². The van der Waals surface area contributed by atoms with Gasteiger partial charge < -0.3 is 15.0 Å². The molecule has 0 fully saturated rings. The smallest absolute Gasteiger partial charge is 0.257 e. The molecule has 0 saturated carbocycles. The van der Waals surface area contributed by atoms with Crippen molar-refractivity contribution in [1.29, 1.82) is 0 Å². The van der Waals surface area contributed by atoms with Crippen molar-refractivity contribution in [3.05, 3.63) is 28.8 Å². The number of likely N-dealkylation sites (N-methyl/N-ethyl adjacent to an activating group) is 1. The highest BCUT2D eigenvalue weighted by molar-refractivity contribution is 6.32. The number of carbonyl (C=O) groups excluding carboxylic acids is 2. The summed E-state index contributed by atoms with van der Waals surface area (Å²) >= 11 is 5.73. The first-order valence-corrected chi connectivity index (χ1v) is 6.15. The Morgan fingerprint density at radius 3 is 2.90 bits per heavy atom. The van der Waals surface area contributed by atoms with E-state index in [0.717, 1.165) is 17.2 Å². The summed E-state index contributed by atoms with van der Waals surface area (Å²) in [5, 5.41) is 2.46. The number of hydrogen-bond donors (Lipinski definition) is 1. The average molecular weight is 304 g/mol. The van der Waals surface area contributed by atoms with Gasteiger partial charge in [0.25, 0.3) is 5.91 Å². The summed E-state index contributed by atoms with van der Waals surface area (Å²) in [6, 6.07) is 0.983. The molecule has 0 aliphatic carbocycles. The first kappa shape index (κ1) is 16.3. The monoisotopic (exact) mass is 303 g/mol. The van der Waals surface area contributed by atoms with Crippen LogP contribution >= 0.6 is 11.6 Å². The summed E-state index contributed by atoms with van der Waals surface area (Å²) in [4.78, 5) is 28.2. The van der Waals surface area contributed by atoms with Gasteiger partial charge in [0, 0.05) is 20.7 Å². The van der Waals surface area contributed by atoms with Crippen molar-refractivity contribution in [2.75, 3.05) is 33.9 Å². The highest BCUT2D eigenvalue weighted by atomic mass is 35.5. The van der Waals surface area contributed by atoms with Gasteiger partial charge in [-0.3, -0.25) is 9.59 Å². The molecule has 1 aromatic rings. The van der Waals surface area contributed by atoms with E-state index in [1.165, 1.54) is 14.2 Å². The molecule has 0 atom stereocenters. The molecule has 8 heteroatoms. The van der Waals surface area contributed by atoms with Crippen molar-refractivity contribution in [3.8, 4) is 0 Å². The fourth-order valence-electron chi connectivity index (χ4n) is 1.41. The van der Waals surface area contributed by atoms with Crippen molar-refractivity contribution in [1.82, 2.24) is 15.2 Å². The largest absolute Gasteiger partial charge is 0.383 e. The zero-order chi connectivity index (χ0) is 15.1. The zero-order valence-corrected chi connectivity index (χ0v) is 11.9. The van der Waals surface area contributed by atoms with Crippen molar-refractivity contribution in [3.63, 3.8) is 0 Å². The molecular weight excluding hydrogens is 289 g/mol. The van der Waals surface area contributed by atoms with Crippen molar-refractivity contribution >= 4 is 23.4 Å². The molecule has 1 heterocycles. The van der Waals surface area contributed by atoms with Crippen LogP contribution in [0.25, 0.3) is 0 Å². The second-order valence-electron chi connectivity index (χ2n) is 4.00. The summed E-state index contributed by atoms with van der Waals surface area (Å²) in [5.41, 5.74) is -0.0844. The lowest BCUT2D eigenvalue weighted by molar-refractivity contribution is -0.121. The van der Waals surface area contributed by atoms with E-state index in [1.807, 2.05) is 0 Å². The third-order valence-corrected chi connectivity index (χ3v) is 2.69. The van der Waals surface area contributed by atoms with E-state index in [4.69, 9.17) is 16.3 Å². The normalized spacial score (nSPS) is 10.2. The number of amides is 2. The van der Waals surface area contributed by atoms with Crippen molar-refractivity contribution < 1.29 is 18.7 Å². The van der Waals surface area contributed by atoms with E-state index in [9.17, 15) is 14.0 Å². The third-order valence-electron chi connectivity index (χ3n) is 2.39. The number of aromatic nitrogens is 1. The Kier molecular flexibility index (Phi) is 6.33. The van der Waals surface area contributed by atoms with E-state index >= 15 is 0 Å². The molecule has 0 bridgehead atoms. The summed E-state index contributed by atoms with van der Waals surface area (Å²) in [6.45, 7) is 0.554. The maximum absolute atomic E-state index is 13.1. The number of carbonyl (C=O) groups is 2. The van der Waals surface area contributed by atoms with Gasteiger partial charge in [-0.05, 0) is 6.07 Å². The first-order valence-electron chi connectivity index (χ1n) is 5.78. The van der Waals surface area contributed by atoms with E-state index in [-0.39, 0.29) is 23.2 Å². The Morgan fingerprint density at radius 2 is 2.25 bits per heavy atom. The van der Waals surface area contributed by atoms with Crippen LogP contribution in [0.1, 0.15) is 10.4 Å². The fraction of sp³-hybridized carbons (Fsp3) is 0.417. The highest BCUT2D eigenvalue weighted by Crippen LogP contribution is 2.15. The van der Waals surface area contributed by atoms with Gasteiger partial charge in [0.05, 0.1) is 24.9 Å². The predicted octanol–water partition coefficient (Wildman–Crippen LogP) is 0.709. The molecule has 6 nitrogen and oxygen atoms in total. The molecule has 0 spiro atoms. The van der Waals surface area contributed by atoms with Crippen LogP contribution in [0.15, 0.2) is 12.3 Å². The second-order valence-corrected chi connectivity index (χ2v) is 4.35. The van der Waals surface area contributed by atoms with E-state index in [0.29, 0.717) is 13.2 Å². The number of ether oxygens (including phenoxy) is 1. The number of halogens is 2. The molecule has 1 N–H and O–H groups in total. The van der Waals surface area contributed by atoms with Gasteiger partial charge in [-0.25, -0.2) is 9.37 Å². The average Bonchev–Trinajstić information content (AvgIpc) is 2.41. The summed E-state index contributed by atoms with van der Waals surface area (Å²) in [6.07, 6.45) is 0.913. The highest BCUT2D eigenvalue weighted by Gasteiger charge is 2.18. The number of nitrogens with zero attached hydrogens (tertiary/aromatic N) is 2. The SMILES string of the molecule is COCCNC(=O)CN(C)C(=O)c1cc(F)cnc1Cl. The molecular formula is C12H15ClFN3O3. The number of nitrogens with one attached hydrogen (secondary N) is 1. The molecule has 2 amide bonds. The van der Waals surface area contributed by atoms with E-state index in [1.54, 1.807) is 0 Å². The molecule has 1 aromatic heterocycles. The molecule has 0 aliphatic rings. The van der Waals surface area contributed by atoms with Crippen LogP contribution in [0.3, 0.4) is 0 Å². The second kappa shape index (κ2) is 7.76. The Labute approximate surface area is 120 Å². The van der Waals surface area contributed by atoms with Crippen molar-refractivity contribution in [2.45, 2.75) is 0 Å². The molecule has 0 aromatic carbocycles. The Morgan fingerprint density at radius 1 is 1.55 bits per heavy atom. The van der Waals surface area contributed by atoms with Gasteiger partial charge in [0.15, 0.2) is 0 Å². The lowest BCUT2D eigenvalue weighted by Crippen LogP contribution is -2.39. The van der Waals surface area contributed by atoms with Crippen LogP contribution in [-0.2, 0) is 9.53 Å². The lowest BCUT2D eigenvalue weighted by Gasteiger charge is -2.17. The van der Waals surface area contributed by atoms with Gasteiger partial charge in [0.1, 0.15) is 11.0 Å². The number of methoxy groups -OCH3 is 1. The molecule has 0 unspecified atom stereocenters. The quantitative estimate of drug-likeness (QED) is 0.620. The number of rotatable bonds is 6. The molecule has 0 radical (unpaired) electrons. The molecule has 110 valence electrons. The van der Waals surface area contributed by atoms with Crippen LogP contribution in [0, 0.1) is 5.82 Å². The van der Waals surface area contributed by atoms with Crippen LogP contribution in [0.5, 0.6) is 0 Å². The minimum Gasteiger partial charge on any atom is -0.383 e. The Bertz CT molecular complexity index is 499. The van der Waals surface area contributed by atoms with Gasteiger partial charge >= 0.3 is 0 Å². The minimum absolute atomic E-state index is 0.0844. The maximum Gasteiger partial charge on any atom is 0.257 e. The third kappa shape index (κ3) is 4.75. The fourth-order valence-corrected chi connectivity index (χ4v) is 1.60. The van der Waals surface area contributed by atoms with Gasteiger partial charge in [-0.1, -0.05) is 11.6 Å². The van der Waals surface area contributed by atoms with Crippen LogP contribution in [0.2, 0.25) is 5.15 Å². The number of pyridine rings is 1. The summed E-state index contributed by atoms with van der Waals surface area (Å²) in [5.74, 6) is -1.60. The predicted molar refractivity (Wildman–Crippen MR) is 71.1 cm³/mol. The molecule has 0 saturated heterocycles. The van der Waals surface area contributed by atoms with Crippen LogP contribution in [0.4, 0.5) is 4.39 Å². The topological polar surface area (TPSA) is 71.5 Å². The standard InChI is InChI=1S/C12H15ClFN3O3/c1-17(7-10(18)15-3-4-20-2)12(19)9-5-8(14)6-16-11(9)13/h5-6H,3-4,7H2,1-2H3,(H,15,18). The summed E-state index contributed by atoms with van der Waals surface area (Å²) < 4.78 is 17.8. The zero-order valence-electron chi connectivity index (χ0n) is 11.2. The van der Waals surface area contributed by atoms with Gasteiger partial charge in [0.2, 0.25) is 5.91 Å². The molecule has 0 aliphatic heterocycles. The lowest BCUT2D eigenvalue weighted by atomic mass is 10.2. The Hall–Kier alpha value is -1.73. The summed E-state index contributed by atoms with van der Waals surface area (Å²) in [7, 11) is 2.93. The van der Waals surface area contributed by atoms with E-state index < -0.39 is 11.7 Å². The minimum atomic E-state index is -0.671. The van der Waals surface area contributed by atoms with Crippen LogP contribution < -0.4 is 5.32 Å². The van der Waals surface area contributed by atoms with Gasteiger partial charge in [-0.2, -0.15) is 0 Å². The van der Waals surface area contributed by atoms with Crippen molar-refractivity contribution in [2.24, 2.45) is 0 Å². The van der Waals surface area contributed by atoms with Gasteiger partial charge in [-0.15, -0.1) is 0 Å². The Balaban J connectivity index is 2.62. The molecule has 1 rings (SSSR count). The first-order chi connectivity index (χ1) is 9.45. The molecule has 20 heavy (non-hydrogen) atoms. The maximum atomic E-state index is 13.1.